The minimum atomic E-state index is 0.262. The highest BCUT2D eigenvalue weighted by molar-refractivity contribution is 5.81. The van der Waals surface area contributed by atoms with E-state index < -0.39 is 0 Å². The number of piperidine rings is 1. The van der Waals surface area contributed by atoms with Gasteiger partial charge < -0.3 is 5.32 Å². The molecule has 1 aromatic carbocycles. The molecule has 1 heterocycles. The monoisotopic (exact) mass is 217 g/mol. The molecule has 1 fully saturated rings. The van der Waals surface area contributed by atoms with E-state index in [4.69, 9.17) is 0 Å². The Morgan fingerprint density at radius 2 is 2.12 bits per heavy atom. The van der Waals surface area contributed by atoms with Gasteiger partial charge in [0.15, 0.2) is 0 Å². The van der Waals surface area contributed by atoms with Gasteiger partial charge in [0.05, 0.1) is 0 Å². The molecule has 1 aliphatic heterocycles. The molecule has 0 aliphatic carbocycles. The molecule has 1 aliphatic rings. The van der Waals surface area contributed by atoms with Gasteiger partial charge in [-0.3, -0.25) is 4.79 Å². The van der Waals surface area contributed by atoms with Crippen LogP contribution in [0.2, 0.25) is 0 Å². The van der Waals surface area contributed by atoms with Crippen molar-refractivity contribution in [2.45, 2.75) is 25.7 Å². The number of carbonyl (C=O) groups excluding carboxylic acids is 1. The second kappa shape index (κ2) is 5.80. The second-order valence-corrected chi connectivity index (χ2v) is 4.50. The van der Waals surface area contributed by atoms with Crippen molar-refractivity contribution in [1.82, 2.24) is 5.32 Å². The Hall–Kier alpha value is -1.15. The van der Waals surface area contributed by atoms with Crippen LogP contribution in [0.5, 0.6) is 0 Å². The van der Waals surface area contributed by atoms with Crippen molar-refractivity contribution in [3.63, 3.8) is 0 Å². The molecule has 0 bridgehead atoms. The van der Waals surface area contributed by atoms with Gasteiger partial charge in [-0.05, 0) is 31.4 Å². The third-order valence-electron chi connectivity index (χ3n) is 3.26. The highest BCUT2D eigenvalue weighted by atomic mass is 16.1. The molecular formula is C14H19NO. The maximum Gasteiger partial charge on any atom is 0.137 e. The predicted octanol–water partition coefficient (Wildman–Crippen LogP) is 2.19. The largest absolute Gasteiger partial charge is 0.316 e. The first kappa shape index (κ1) is 11.3. The van der Waals surface area contributed by atoms with Crippen LogP contribution >= 0.6 is 0 Å². The van der Waals surface area contributed by atoms with E-state index in [0.29, 0.717) is 12.2 Å². The first-order valence-corrected chi connectivity index (χ1v) is 6.13. The summed E-state index contributed by atoms with van der Waals surface area (Å²) in [6.07, 6.45) is 3.79. The highest BCUT2D eigenvalue weighted by Crippen LogP contribution is 2.14. The molecule has 1 N–H and O–H groups in total. The Labute approximate surface area is 97.1 Å². The second-order valence-electron chi connectivity index (χ2n) is 4.50. The molecule has 16 heavy (non-hydrogen) atoms. The maximum absolute atomic E-state index is 11.9. The molecule has 86 valence electrons. The van der Waals surface area contributed by atoms with Gasteiger partial charge in [0.25, 0.3) is 0 Å². The average Bonchev–Trinajstić information content (AvgIpc) is 2.38. The molecule has 2 rings (SSSR count). The number of Topliss-reactive ketones (excluding diaryl/α,β-unsaturated/α-hetero) is 1. The number of rotatable bonds is 4. The smallest absolute Gasteiger partial charge is 0.137 e. The fourth-order valence-electron chi connectivity index (χ4n) is 2.24. The summed E-state index contributed by atoms with van der Waals surface area (Å²) in [6.45, 7) is 1.95. The quantitative estimate of drug-likeness (QED) is 0.837. The van der Waals surface area contributed by atoms with E-state index in [0.717, 1.165) is 32.4 Å². The van der Waals surface area contributed by atoms with E-state index in [-0.39, 0.29) is 5.92 Å². The van der Waals surface area contributed by atoms with Crippen LogP contribution in [0.25, 0.3) is 0 Å². The minimum Gasteiger partial charge on any atom is -0.316 e. The third kappa shape index (κ3) is 3.17. The lowest BCUT2D eigenvalue weighted by atomic mass is 9.92. The van der Waals surface area contributed by atoms with E-state index in [2.05, 4.69) is 17.4 Å². The summed E-state index contributed by atoms with van der Waals surface area (Å²) < 4.78 is 0. The van der Waals surface area contributed by atoms with Gasteiger partial charge in [-0.1, -0.05) is 30.3 Å². The Bertz CT molecular complexity index is 328. The minimum absolute atomic E-state index is 0.262. The summed E-state index contributed by atoms with van der Waals surface area (Å²) >= 11 is 0. The zero-order valence-corrected chi connectivity index (χ0v) is 9.61. The van der Waals surface area contributed by atoms with Crippen molar-refractivity contribution >= 4 is 5.78 Å². The Kier molecular flexibility index (Phi) is 4.11. The zero-order valence-electron chi connectivity index (χ0n) is 9.61. The molecule has 0 spiro atoms. The Balaban J connectivity index is 1.79. The van der Waals surface area contributed by atoms with Gasteiger partial charge in [-0.15, -0.1) is 0 Å². The zero-order chi connectivity index (χ0) is 11.2. The number of hydrogen-bond acceptors (Lipinski definition) is 2. The lowest BCUT2D eigenvalue weighted by Gasteiger charge is -2.21. The van der Waals surface area contributed by atoms with Crippen molar-refractivity contribution in [3.8, 4) is 0 Å². The number of hydrogen-bond donors (Lipinski definition) is 1. The van der Waals surface area contributed by atoms with E-state index in [1.807, 2.05) is 18.2 Å². The number of benzene rings is 1. The summed E-state index contributed by atoms with van der Waals surface area (Å²) in [7, 11) is 0. The van der Waals surface area contributed by atoms with Crippen LogP contribution in [0.15, 0.2) is 30.3 Å². The lowest BCUT2D eigenvalue weighted by molar-refractivity contribution is -0.123. The Morgan fingerprint density at radius 3 is 2.81 bits per heavy atom. The normalized spacial score (nSPS) is 20.6. The number of carbonyl (C=O) groups is 1. The van der Waals surface area contributed by atoms with Crippen LogP contribution in [0.3, 0.4) is 0 Å². The molecule has 1 saturated heterocycles. The first-order valence-electron chi connectivity index (χ1n) is 6.13. The molecular weight excluding hydrogens is 198 g/mol. The summed E-state index contributed by atoms with van der Waals surface area (Å²) in [5, 5.41) is 3.29. The maximum atomic E-state index is 11.9. The molecule has 1 aromatic rings. The molecule has 1 atom stereocenters. The molecule has 0 saturated carbocycles. The van der Waals surface area contributed by atoms with Gasteiger partial charge in [-0.25, -0.2) is 0 Å². The number of aryl methyl sites for hydroxylation is 1. The topological polar surface area (TPSA) is 29.1 Å². The van der Waals surface area contributed by atoms with Gasteiger partial charge in [0.2, 0.25) is 0 Å². The summed E-state index contributed by atoms with van der Waals surface area (Å²) in [4.78, 5) is 11.9. The van der Waals surface area contributed by atoms with E-state index in [9.17, 15) is 4.79 Å². The predicted molar refractivity (Wildman–Crippen MR) is 65.4 cm³/mol. The molecule has 2 nitrogen and oxygen atoms in total. The fourth-order valence-corrected chi connectivity index (χ4v) is 2.24. The average molecular weight is 217 g/mol. The van der Waals surface area contributed by atoms with Crippen LogP contribution < -0.4 is 5.32 Å². The highest BCUT2D eigenvalue weighted by Gasteiger charge is 2.19. The van der Waals surface area contributed by atoms with Crippen molar-refractivity contribution < 1.29 is 4.79 Å². The molecule has 0 radical (unpaired) electrons. The van der Waals surface area contributed by atoms with Crippen LogP contribution in [0.1, 0.15) is 24.8 Å². The van der Waals surface area contributed by atoms with E-state index in [1.165, 1.54) is 5.56 Å². The van der Waals surface area contributed by atoms with Gasteiger partial charge >= 0.3 is 0 Å². The number of nitrogens with one attached hydrogen (secondary N) is 1. The SMILES string of the molecule is O=C(CCc1ccccc1)[C@H]1CCCNC1. The van der Waals surface area contributed by atoms with Crippen molar-refractivity contribution in [1.29, 1.82) is 0 Å². The molecule has 2 heteroatoms. The molecule has 0 unspecified atom stereocenters. The Morgan fingerprint density at radius 1 is 1.31 bits per heavy atom. The van der Waals surface area contributed by atoms with Crippen molar-refractivity contribution in [2.24, 2.45) is 5.92 Å². The standard InChI is InChI=1S/C14H19NO/c16-14(13-7-4-10-15-11-13)9-8-12-5-2-1-3-6-12/h1-3,5-6,13,15H,4,7-11H2/t13-/m0/s1. The molecule has 0 amide bonds. The number of ketones is 1. The van der Waals surface area contributed by atoms with Crippen LogP contribution in [-0.4, -0.2) is 18.9 Å². The van der Waals surface area contributed by atoms with Crippen LogP contribution in [-0.2, 0) is 11.2 Å². The van der Waals surface area contributed by atoms with Crippen LogP contribution in [0, 0.1) is 5.92 Å². The first-order chi connectivity index (χ1) is 7.86. The van der Waals surface area contributed by atoms with Crippen molar-refractivity contribution in [3.05, 3.63) is 35.9 Å². The summed E-state index contributed by atoms with van der Waals surface area (Å²) in [6, 6.07) is 10.2. The fraction of sp³-hybridized carbons (Fsp3) is 0.500. The van der Waals surface area contributed by atoms with Gasteiger partial charge in [-0.2, -0.15) is 0 Å². The van der Waals surface area contributed by atoms with E-state index >= 15 is 0 Å². The summed E-state index contributed by atoms with van der Waals surface area (Å²) in [5.74, 6) is 0.688. The van der Waals surface area contributed by atoms with E-state index in [1.54, 1.807) is 0 Å². The van der Waals surface area contributed by atoms with Crippen molar-refractivity contribution in [2.75, 3.05) is 13.1 Å². The molecule has 0 aromatic heterocycles. The van der Waals surface area contributed by atoms with Gasteiger partial charge in [0, 0.05) is 18.9 Å². The third-order valence-corrected chi connectivity index (χ3v) is 3.26. The van der Waals surface area contributed by atoms with Crippen LogP contribution in [0.4, 0.5) is 0 Å². The lowest BCUT2D eigenvalue weighted by Crippen LogP contribution is -2.34. The van der Waals surface area contributed by atoms with Gasteiger partial charge in [0.1, 0.15) is 5.78 Å². The summed E-state index contributed by atoms with van der Waals surface area (Å²) in [5.41, 5.74) is 1.26.